The standard InChI is InChI=1S/C19H26N4O2S.HI/c1-2-20-19(23-15-18-11-6-7-12-21-18)22-13-8-14-26(24,25)16-17-9-4-3-5-10-17;/h3-7,9-12H,2,8,13-16H2,1H3,(H2,20,22,23);1H. The smallest absolute Gasteiger partial charge is 0.191 e. The molecule has 0 saturated carbocycles. The van der Waals surface area contributed by atoms with E-state index in [2.05, 4.69) is 20.6 Å². The Kier molecular flexibility index (Phi) is 11.0. The van der Waals surface area contributed by atoms with Gasteiger partial charge in [0.05, 0.1) is 23.7 Å². The van der Waals surface area contributed by atoms with Crippen molar-refractivity contribution in [3.05, 3.63) is 66.0 Å². The van der Waals surface area contributed by atoms with E-state index in [1.165, 1.54) is 0 Å². The average Bonchev–Trinajstić information content (AvgIpc) is 2.64. The Balaban J connectivity index is 0.00000364. The van der Waals surface area contributed by atoms with Crippen LogP contribution in [0.15, 0.2) is 59.7 Å². The number of hydrogen-bond acceptors (Lipinski definition) is 4. The van der Waals surface area contributed by atoms with Crippen molar-refractivity contribution < 1.29 is 8.42 Å². The highest BCUT2D eigenvalue weighted by molar-refractivity contribution is 14.0. The lowest BCUT2D eigenvalue weighted by Crippen LogP contribution is -2.38. The zero-order valence-electron chi connectivity index (χ0n) is 15.5. The summed E-state index contributed by atoms with van der Waals surface area (Å²) in [4.78, 5) is 8.71. The number of rotatable bonds is 9. The van der Waals surface area contributed by atoms with Crippen molar-refractivity contribution in [1.82, 2.24) is 15.6 Å². The number of guanidine groups is 1. The number of nitrogens with zero attached hydrogens (tertiary/aromatic N) is 2. The second-order valence-corrected chi connectivity index (χ2v) is 8.06. The van der Waals surface area contributed by atoms with Crippen molar-refractivity contribution in [3.63, 3.8) is 0 Å². The fourth-order valence-corrected chi connectivity index (χ4v) is 3.82. The van der Waals surface area contributed by atoms with Gasteiger partial charge in [-0.05, 0) is 31.0 Å². The van der Waals surface area contributed by atoms with Gasteiger partial charge >= 0.3 is 0 Å². The third-order valence-electron chi connectivity index (χ3n) is 3.62. The van der Waals surface area contributed by atoms with Crippen molar-refractivity contribution in [2.45, 2.75) is 25.6 Å². The Hall–Kier alpha value is -1.68. The molecule has 0 aliphatic rings. The molecular formula is C19H27IN4O2S. The van der Waals surface area contributed by atoms with Crippen LogP contribution in [-0.4, -0.2) is 38.2 Å². The Labute approximate surface area is 178 Å². The number of halogens is 1. The first-order valence-electron chi connectivity index (χ1n) is 8.75. The van der Waals surface area contributed by atoms with E-state index in [1.54, 1.807) is 6.20 Å². The van der Waals surface area contributed by atoms with E-state index < -0.39 is 9.84 Å². The molecule has 0 fully saturated rings. The summed E-state index contributed by atoms with van der Waals surface area (Å²) in [7, 11) is -3.11. The molecule has 1 aromatic heterocycles. The maximum atomic E-state index is 12.2. The van der Waals surface area contributed by atoms with Crippen LogP contribution >= 0.6 is 24.0 Å². The molecule has 0 saturated heterocycles. The molecule has 0 aliphatic carbocycles. The number of aromatic nitrogens is 1. The highest BCUT2D eigenvalue weighted by Gasteiger charge is 2.11. The minimum absolute atomic E-state index is 0. The average molecular weight is 502 g/mol. The summed E-state index contributed by atoms with van der Waals surface area (Å²) in [6.45, 7) is 3.74. The second kappa shape index (κ2) is 12.7. The van der Waals surface area contributed by atoms with Crippen LogP contribution in [0.1, 0.15) is 24.6 Å². The van der Waals surface area contributed by atoms with Crippen LogP contribution in [0.2, 0.25) is 0 Å². The molecule has 148 valence electrons. The van der Waals surface area contributed by atoms with Crippen LogP contribution in [0, 0.1) is 0 Å². The molecule has 0 spiro atoms. The van der Waals surface area contributed by atoms with Crippen molar-refractivity contribution in [2.24, 2.45) is 4.99 Å². The summed E-state index contributed by atoms with van der Waals surface area (Å²) in [5, 5.41) is 6.33. The van der Waals surface area contributed by atoms with Crippen LogP contribution in [0.5, 0.6) is 0 Å². The number of sulfone groups is 1. The lowest BCUT2D eigenvalue weighted by molar-refractivity contribution is 0.591. The number of aliphatic imine (C=N–C) groups is 1. The van der Waals surface area contributed by atoms with Crippen LogP contribution in [0.4, 0.5) is 0 Å². The molecule has 2 rings (SSSR count). The van der Waals surface area contributed by atoms with Gasteiger partial charge in [-0.15, -0.1) is 24.0 Å². The number of benzene rings is 1. The molecule has 0 atom stereocenters. The van der Waals surface area contributed by atoms with Crippen molar-refractivity contribution in [1.29, 1.82) is 0 Å². The van der Waals surface area contributed by atoms with Gasteiger partial charge in [0.15, 0.2) is 15.8 Å². The van der Waals surface area contributed by atoms with Gasteiger partial charge in [-0.2, -0.15) is 0 Å². The van der Waals surface area contributed by atoms with Crippen LogP contribution in [0.3, 0.4) is 0 Å². The summed E-state index contributed by atoms with van der Waals surface area (Å²) in [5.74, 6) is 0.898. The van der Waals surface area contributed by atoms with Crippen LogP contribution in [0.25, 0.3) is 0 Å². The maximum Gasteiger partial charge on any atom is 0.191 e. The molecule has 0 bridgehead atoms. The third-order valence-corrected chi connectivity index (χ3v) is 5.31. The summed E-state index contributed by atoms with van der Waals surface area (Å²) in [5.41, 5.74) is 1.71. The first-order chi connectivity index (χ1) is 12.6. The number of pyridine rings is 1. The minimum atomic E-state index is -3.11. The fraction of sp³-hybridized carbons (Fsp3) is 0.368. The molecule has 1 aromatic carbocycles. The predicted octanol–water partition coefficient (Wildman–Crippen LogP) is 2.76. The predicted molar refractivity (Wildman–Crippen MR) is 121 cm³/mol. The Morgan fingerprint density at radius 2 is 1.81 bits per heavy atom. The molecule has 2 N–H and O–H groups in total. The lowest BCUT2D eigenvalue weighted by Gasteiger charge is -2.11. The zero-order valence-corrected chi connectivity index (χ0v) is 18.6. The van der Waals surface area contributed by atoms with E-state index in [4.69, 9.17) is 0 Å². The number of hydrogen-bond donors (Lipinski definition) is 2. The first-order valence-corrected chi connectivity index (χ1v) is 10.6. The minimum Gasteiger partial charge on any atom is -0.357 e. The highest BCUT2D eigenvalue weighted by Crippen LogP contribution is 2.06. The second-order valence-electron chi connectivity index (χ2n) is 5.87. The largest absolute Gasteiger partial charge is 0.357 e. The van der Waals surface area contributed by atoms with Gasteiger partial charge < -0.3 is 10.6 Å². The molecule has 0 amide bonds. The molecule has 1 heterocycles. The van der Waals surface area contributed by atoms with E-state index in [1.807, 2.05) is 55.5 Å². The highest BCUT2D eigenvalue weighted by atomic mass is 127. The van der Waals surface area contributed by atoms with Gasteiger partial charge in [0.1, 0.15) is 0 Å². The molecule has 2 aromatic rings. The zero-order chi connectivity index (χ0) is 18.7. The normalized spacial score (nSPS) is 11.5. The van der Waals surface area contributed by atoms with Gasteiger partial charge in [0.25, 0.3) is 0 Å². The first kappa shape index (κ1) is 23.4. The summed E-state index contributed by atoms with van der Waals surface area (Å²) in [6.07, 6.45) is 2.27. The van der Waals surface area contributed by atoms with E-state index in [0.29, 0.717) is 25.5 Å². The van der Waals surface area contributed by atoms with Gasteiger partial charge in [-0.3, -0.25) is 4.98 Å². The molecular weight excluding hydrogens is 475 g/mol. The topological polar surface area (TPSA) is 83.4 Å². The summed E-state index contributed by atoms with van der Waals surface area (Å²) in [6, 6.07) is 15.0. The Morgan fingerprint density at radius 1 is 1.07 bits per heavy atom. The van der Waals surface area contributed by atoms with E-state index >= 15 is 0 Å². The van der Waals surface area contributed by atoms with Crippen molar-refractivity contribution >= 4 is 39.8 Å². The lowest BCUT2D eigenvalue weighted by atomic mass is 10.2. The molecule has 8 heteroatoms. The van der Waals surface area contributed by atoms with Gasteiger partial charge in [0.2, 0.25) is 0 Å². The van der Waals surface area contributed by atoms with Crippen LogP contribution in [-0.2, 0) is 22.1 Å². The van der Waals surface area contributed by atoms with Gasteiger partial charge in [0, 0.05) is 19.3 Å². The third kappa shape index (κ3) is 9.71. The molecule has 0 radical (unpaired) electrons. The Bertz CT molecular complexity index is 784. The molecule has 6 nitrogen and oxygen atoms in total. The van der Waals surface area contributed by atoms with E-state index in [9.17, 15) is 8.42 Å². The van der Waals surface area contributed by atoms with E-state index in [-0.39, 0.29) is 35.5 Å². The van der Waals surface area contributed by atoms with Crippen molar-refractivity contribution in [2.75, 3.05) is 18.8 Å². The monoisotopic (exact) mass is 502 g/mol. The molecule has 0 aliphatic heterocycles. The van der Waals surface area contributed by atoms with Crippen molar-refractivity contribution in [3.8, 4) is 0 Å². The summed E-state index contributed by atoms with van der Waals surface area (Å²) >= 11 is 0. The fourth-order valence-electron chi connectivity index (χ4n) is 2.39. The van der Waals surface area contributed by atoms with E-state index in [0.717, 1.165) is 17.8 Å². The molecule has 0 unspecified atom stereocenters. The number of nitrogens with one attached hydrogen (secondary N) is 2. The SMILES string of the molecule is CCNC(=NCc1ccccn1)NCCCS(=O)(=O)Cc1ccccc1.I. The molecule has 27 heavy (non-hydrogen) atoms. The van der Waals surface area contributed by atoms with Gasteiger partial charge in [-0.25, -0.2) is 13.4 Å². The maximum absolute atomic E-state index is 12.2. The van der Waals surface area contributed by atoms with Gasteiger partial charge in [-0.1, -0.05) is 36.4 Å². The summed E-state index contributed by atoms with van der Waals surface area (Å²) < 4.78 is 24.4. The van der Waals surface area contributed by atoms with Crippen LogP contribution < -0.4 is 10.6 Å². The quantitative estimate of drug-likeness (QED) is 0.239. The Morgan fingerprint density at radius 3 is 2.48 bits per heavy atom.